The number of halogens is 2. The number of nitrogens with one attached hydrogen (secondary N) is 1. The Morgan fingerprint density at radius 1 is 1.00 bits per heavy atom. The molecular formula is C23H17ClFN3O2. The van der Waals surface area contributed by atoms with Gasteiger partial charge in [-0.3, -0.25) is 9.63 Å². The molecule has 7 heteroatoms. The third-order valence-electron chi connectivity index (χ3n) is 4.45. The number of rotatable bonds is 6. The Morgan fingerprint density at radius 3 is 2.43 bits per heavy atom. The van der Waals surface area contributed by atoms with Gasteiger partial charge in [0.2, 0.25) is 0 Å². The number of hydrogen-bond acceptors (Lipinski definition) is 3. The summed E-state index contributed by atoms with van der Waals surface area (Å²) in [6, 6.07) is 22.7. The van der Waals surface area contributed by atoms with Gasteiger partial charge in [0.1, 0.15) is 18.1 Å². The van der Waals surface area contributed by atoms with Gasteiger partial charge in [0.25, 0.3) is 5.91 Å². The Kier molecular flexibility index (Phi) is 5.88. The van der Waals surface area contributed by atoms with Gasteiger partial charge in [-0.1, -0.05) is 60.1 Å². The van der Waals surface area contributed by atoms with Gasteiger partial charge in [-0.05, 0) is 30.3 Å². The summed E-state index contributed by atoms with van der Waals surface area (Å²) < 4.78 is 15.4. The van der Waals surface area contributed by atoms with E-state index < -0.39 is 11.7 Å². The van der Waals surface area contributed by atoms with Crippen molar-refractivity contribution in [1.82, 2.24) is 15.3 Å². The van der Waals surface area contributed by atoms with Crippen LogP contribution in [0.3, 0.4) is 0 Å². The molecule has 0 bridgehead atoms. The van der Waals surface area contributed by atoms with E-state index in [1.54, 1.807) is 53.3 Å². The second-order valence-electron chi connectivity index (χ2n) is 6.49. The van der Waals surface area contributed by atoms with Crippen LogP contribution in [0.25, 0.3) is 16.9 Å². The molecule has 1 aromatic heterocycles. The molecular weight excluding hydrogens is 405 g/mol. The predicted molar refractivity (Wildman–Crippen MR) is 113 cm³/mol. The van der Waals surface area contributed by atoms with Crippen molar-refractivity contribution in [2.24, 2.45) is 0 Å². The Morgan fingerprint density at radius 2 is 1.70 bits per heavy atom. The fourth-order valence-corrected chi connectivity index (χ4v) is 3.05. The Balaban J connectivity index is 1.60. The molecule has 150 valence electrons. The minimum atomic E-state index is -0.488. The molecule has 0 atom stereocenters. The molecule has 1 N–H and O–H groups in total. The van der Waals surface area contributed by atoms with Crippen LogP contribution in [-0.4, -0.2) is 15.7 Å². The van der Waals surface area contributed by atoms with Crippen molar-refractivity contribution >= 4 is 17.5 Å². The molecule has 0 aliphatic heterocycles. The fraction of sp³-hybridized carbons (Fsp3) is 0.0435. The highest BCUT2D eigenvalue weighted by molar-refractivity contribution is 6.30. The number of hydroxylamine groups is 1. The van der Waals surface area contributed by atoms with Crippen molar-refractivity contribution in [2.45, 2.75) is 6.61 Å². The maximum atomic E-state index is 13.7. The minimum Gasteiger partial charge on any atom is -0.268 e. The molecule has 0 aliphatic carbocycles. The molecule has 4 aromatic rings. The number of benzene rings is 3. The summed E-state index contributed by atoms with van der Waals surface area (Å²) in [5, 5.41) is 5.16. The van der Waals surface area contributed by atoms with Crippen LogP contribution in [0, 0.1) is 5.82 Å². The van der Waals surface area contributed by atoms with Gasteiger partial charge in [0.15, 0.2) is 0 Å². The molecule has 3 aromatic carbocycles. The summed E-state index contributed by atoms with van der Waals surface area (Å²) in [6.45, 7) is -0.0957. The number of carbonyl (C=O) groups is 1. The van der Waals surface area contributed by atoms with Gasteiger partial charge in [0, 0.05) is 22.3 Å². The largest absolute Gasteiger partial charge is 0.278 e. The van der Waals surface area contributed by atoms with E-state index in [2.05, 4.69) is 10.6 Å². The molecule has 1 amide bonds. The summed E-state index contributed by atoms with van der Waals surface area (Å²) in [5.74, 6) is -0.885. The molecule has 1 heterocycles. The van der Waals surface area contributed by atoms with E-state index in [0.717, 1.165) is 11.3 Å². The third kappa shape index (κ3) is 4.40. The Labute approximate surface area is 177 Å². The lowest BCUT2D eigenvalue weighted by molar-refractivity contribution is 0.0224. The SMILES string of the molecule is O=C(NOCc1ccccc1F)c1cn(-c2ccccc2)nc1-c1ccc(Cl)cc1. The average Bonchev–Trinajstić information content (AvgIpc) is 3.22. The number of nitrogens with zero attached hydrogens (tertiary/aromatic N) is 2. The highest BCUT2D eigenvalue weighted by Crippen LogP contribution is 2.25. The Hall–Kier alpha value is -3.48. The summed E-state index contributed by atoms with van der Waals surface area (Å²) in [7, 11) is 0. The van der Waals surface area contributed by atoms with Gasteiger partial charge in [-0.15, -0.1) is 0 Å². The molecule has 0 saturated carbocycles. The van der Waals surface area contributed by atoms with E-state index >= 15 is 0 Å². The zero-order chi connectivity index (χ0) is 20.9. The minimum absolute atomic E-state index is 0.0957. The highest BCUT2D eigenvalue weighted by atomic mass is 35.5. The summed E-state index contributed by atoms with van der Waals surface area (Å²) in [6.07, 6.45) is 1.63. The van der Waals surface area contributed by atoms with E-state index in [0.29, 0.717) is 21.8 Å². The van der Waals surface area contributed by atoms with Gasteiger partial charge < -0.3 is 0 Å². The number of aromatic nitrogens is 2. The predicted octanol–water partition coefficient (Wildman–Crippen LogP) is 5.19. The molecule has 30 heavy (non-hydrogen) atoms. The first-order valence-corrected chi connectivity index (χ1v) is 9.56. The molecule has 0 radical (unpaired) electrons. The first kappa shape index (κ1) is 19.8. The number of amides is 1. The van der Waals surface area contributed by atoms with Gasteiger partial charge in [0.05, 0.1) is 11.3 Å². The van der Waals surface area contributed by atoms with Crippen molar-refractivity contribution in [3.63, 3.8) is 0 Å². The first-order chi connectivity index (χ1) is 14.6. The van der Waals surface area contributed by atoms with Crippen molar-refractivity contribution in [2.75, 3.05) is 0 Å². The molecule has 0 spiro atoms. The van der Waals surface area contributed by atoms with E-state index in [4.69, 9.17) is 16.4 Å². The molecule has 5 nitrogen and oxygen atoms in total. The van der Waals surface area contributed by atoms with Crippen LogP contribution in [-0.2, 0) is 11.4 Å². The van der Waals surface area contributed by atoms with Crippen molar-refractivity contribution in [3.05, 3.63) is 107 Å². The van der Waals surface area contributed by atoms with Crippen molar-refractivity contribution in [1.29, 1.82) is 0 Å². The maximum Gasteiger partial charge on any atom is 0.278 e. The topological polar surface area (TPSA) is 56.1 Å². The lowest BCUT2D eigenvalue weighted by atomic mass is 10.1. The van der Waals surface area contributed by atoms with Crippen molar-refractivity contribution < 1.29 is 14.0 Å². The normalized spacial score (nSPS) is 10.7. The average molecular weight is 422 g/mol. The lowest BCUT2D eigenvalue weighted by Crippen LogP contribution is -2.24. The number of carbonyl (C=O) groups excluding carboxylic acids is 1. The lowest BCUT2D eigenvalue weighted by Gasteiger charge is -2.07. The van der Waals surface area contributed by atoms with Gasteiger partial charge >= 0.3 is 0 Å². The monoisotopic (exact) mass is 421 g/mol. The van der Waals surface area contributed by atoms with Crippen LogP contribution in [0.4, 0.5) is 4.39 Å². The van der Waals surface area contributed by atoms with E-state index in [1.165, 1.54) is 6.07 Å². The highest BCUT2D eigenvalue weighted by Gasteiger charge is 2.19. The standard InChI is InChI=1S/C23H17ClFN3O2/c24-18-12-10-16(11-13-18)22-20(14-28(26-22)19-7-2-1-3-8-19)23(29)27-30-15-17-6-4-5-9-21(17)25/h1-14H,15H2,(H,27,29). The van der Waals surface area contributed by atoms with Gasteiger partial charge in [-0.25, -0.2) is 14.6 Å². The van der Waals surface area contributed by atoms with Gasteiger partial charge in [-0.2, -0.15) is 5.10 Å². The molecule has 0 saturated heterocycles. The summed E-state index contributed by atoms with van der Waals surface area (Å²) in [4.78, 5) is 18.1. The third-order valence-corrected chi connectivity index (χ3v) is 4.70. The van der Waals surface area contributed by atoms with E-state index in [1.807, 2.05) is 30.3 Å². The first-order valence-electron chi connectivity index (χ1n) is 9.18. The van der Waals surface area contributed by atoms with E-state index in [-0.39, 0.29) is 6.61 Å². The quantitative estimate of drug-likeness (QED) is 0.436. The molecule has 0 aliphatic rings. The van der Waals surface area contributed by atoms with Crippen LogP contribution < -0.4 is 5.48 Å². The zero-order valence-electron chi connectivity index (χ0n) is 15.8. The maximum absolute atomic E-state index is 13.7. The number of para-hydroxylation sites is 1. The zero-order valence-corrected chi connectivity index (χ0v) is 16.5. The van der Waals surface area contributed by atoms with Crippen molar-refractivity contribution in [3.8, 4) is 16.9 Å². The summed E-state index contributed by atoms with van der Waals surface area (Å²) in [5.41, 5.74) is 5.04. The second kappa shape index (κ2) is 8.90. The molecule has 0 fully saturated rings. The smallest absolute Gasteiger partial charge is 0.268 e. The number of hydrogen-bond donors (Lipinski definition) is 1. The Bertz CT molecular complexity index is 1160. The molecule has 4 rings (SSSR count). The molecule has 0 unspecified atom stereocenters. The van der Waals surface area contributed by atoms with Crippen LogP contribution in [0.15, 0.2) is 85.1 Å². The van der Waals surface area contributed by atoms with Crippen LogP contribution in [0.5, 0.6) is 0 Å². The second-order valence-corrected chi connectivity index (χ2v) is 6.93. The van der Waals surface area contributed by atoms with E-state index in [9.17, 15) is 9.18 Å². The van der Waals surface area contributed by atoms with Crippen LogP contribution in [0.1, 0.15) is 15.9 Å². The fourth-order valence-electron chi connectivity index (χ4n) is 2.92. The van der Waals surface area contributed by atoms with Crippen LogP contribution >= 0.6 is 11.6 Å². The van der Waals surface area contributed by atoms with Crippen LogP contribution in [0.2, 0.25) is 5.02 Å². The summed E-state index contributed by atoms with van der Waals surface area (Å²) >= 11 is 5.99.